The third-order valence-electron chi connectivity index (χ3n) is 2.60. The fraction of sp³-hybridized carbons (Fsp3) is 0. The summed E-state index contributed by atoms with van der Waals surface area (Å²) in [6.07, 6.45) is 1.50. The van der Waals surface area contributed by atoms with Crippen LogP contribution in [0.25, 0.3) is 6.08 Å². The van der Waals surface area contributed by atoms with Crippen molar-refractivity contribution < 1.29 is 14.0 Å². The first-order valence-electron chi connectivity index (χ1n) is 6.04. The second-order valence-corrected chi connectivity index (χ2v) is 5.84. The number of carbonyl (C=O) groups excluding carboxylic acids is 2. The molecule has 0 atom stereocenters. The molecule has 0 fully saturated rings. The molecule has 8 heteroatoms. The fourth-order valence-electron chi connectivity index (χ4n) is 1.58. The Labute approximate surface area is 143 Å². The lowest BCUT2D eigenvalue weighted by Crippen LogP contribution is -2.38. The molecule has 0 aliphatic rings. The summed E-state index contributed by atoms with van der Waals surface area (Å²) in [5.74, 6) is 4.03. The van der Waals surface area contributed by atoms with E-state index in [4.69, 9.17) is 10.3 Å². The molecule has 22 heavy (non-hydrogen) atoms. The van der Waals surface area contributed by atoms with Crippen LogP contribution in [-0.2, 0) is 4.79 Å². The number of halogens is 2. The largest absolute Gasteiger partial charge is 0.444 e. The van der Waals surface area contributed by atoms with Crippen molar-refractivity contribution >= 4 is 49.8 Å². The molecule has 0 saturated heterocycles. The number of furan rings is 1. The van der Waals surface area contributed by atoms with E-state index in [1.165, 1.54) is 12.1 Å². The van der Waals surface area contributed by atoms with Gasteiger partial charge in [0.05, 0.1) is 0 Å². The molecule has 1 heterocycles. The van der Waals surface area contributed by atoms with Gasteiger partial charge in [0.2, 0.25) is 0 Å². The van der Waals surface area contributed by atoms with Gasteiger partial charge in [-0.3, -0.25) is 15.0 Å². The number of hydrogen-bond donors (Lipinski definition) is 3. The molecule has 1 aromatic heterocycles. The number of nitrogens with two attached hydrogens (primary N) is 1. The van der Waals surface area contributed by atoms with E-state index < -0.39 is 11.8 Å². The van der Waals surface area contributed by atoms with Gasteiger partial charge in [0.25, 0.3) is 11.8 Å². The Morgan fingerprint density at radius 3 is 2.32 bits per heavy atom. The van der Waals surface area contributed by atoms with E-state index in [0.29, 0.717) is 4.67 Å². The highest BCUT2D eigenvalue weighted by Crippen LogP contribution is 2.15. The van der Waals surface area contributed by atoms with Crippen LogP contribution >= 0.6 is 31.9 Å². The highest BCUT2D eigenvalue weighted by atomic mass is 79.9. The van der Waals surface area contributed by atoms with Crippen LogP contribution in [0.5, 0.6) is 0 Å². The summed E-state index contributed by atoms with van der Waals surface area (Å²) in [4.78, 5) is 23.8. The maximum Gasteiger partial charge on any atom is 0.291 e. The van der Waals surface area contributed by atoms with Crippen LogP contribution in [0, 0.1) is 0 Å². The molecule has 0 saturated carbocycles. The van der Waals surface area contributed by atoms with Crippen molar-refractivity contribution in [2.45, 2.75) is 0 Å². The normalized spacial score (nSPS) is 11.1. The van der Waals surface area contributed by atoms with Crippen molar-refractivity contribution in [2.75, 3.05) is 0 Å². The SMILES string of the molecule is NNC(=O)/C(=C/c1ccc(Br)cc1)NC(=O)c1ccc(Br)o1. The number of rotatable bonds is 4. The Morgan fingerprint density at radius 2 is 1.77 bits per heavy atom. The van der Waals surface area contributed by atoms with Crippen LogP contribution in [0.4, 0.5) is 0 Å². The van der Waals surface area contributed by atoms with Gasteiger partial charge in [-0.05, 0) is 51.8 Å². The third-order valence-corrected chi connectivity index (χ3v) is 3.56. The first-order chi connectivity index (χ1) is 10.5. The van der Waals surface area contributed by atoms with E-state index in [1.807, 2.05) is 17.6 Å². The average molecular weight is 429 g/mol. The van der Waals surface area contributed by atoms with Crippen LogP contribution < -0.4 is 16.6 Å². The lowest BCUT2D eigenvalue weighted by atomic mass is 10.2. The number of benzene rings is 1. The molecular weight excluding hydrogens is 418 g/mol. The molecule has 0 aliphatic carbocycles. The van der Waals surface area contributed by atoms with Gasteiger partial charge in [-0.15, -0.1) is 0 Å². The quantitative estimate of drug-likeness (QED) is 0.301. The van der Waals surface area contributed by atoms with E-state index in [-0.39, 0.29) is 11.5 Å². The zero-order valence-corrected chi connectivity index (χ0v) is 14.3. The maximum atomic E-state index is 12.0. The molecule has 4 N–H and O–H groups in total. The Kier molecular flexibility index (Phi) is 5.53. The molecule has 2 rings (SSSR count). The molecule has 0 bridgehead atoms. The van der Waals surface area contributed by atoms with Gasteiger partial charge < -0.3 is 9.73 Å². The van der Waals surface area contributed by atoms with Gasteiger partial charge in [-0.2, -0.15) is 0 Å². The summed E-state index contributed by atoms with van der Waals surface area (Å²) in [6, 6.07) is 10.3. The zero-order chi connectivity index (χ0) is 16.1. The summed E-state index contributed by atoms with van der Waals surface area (Å²) in [5.41, 5.74) is 2.71. The Balaban J connectivity index is 2.24. The van der Waals surface area contributed by atoms with Crippen molar-refractivity contribution in [3.05, 3.63) is 62.6 Å². The maximum absolute atomic E-state index is 12.0. The molecule has 6 nitrogen and oxygen atoms in total. The Bertz CT molecular complexity index is 723. The summed E-state index contributed by atoms with van der Waals surface area (Å²) >= 11 is 6.43. The molecule has 0 radical (unpaired) electrons. The lowest BCUT2D eigenvalue weighted by Gasteiger charge is -2.07. The van der Waals surface area contributed by atoms with Crippen molar-refractivity contribution in [3.8, 4) is 0 Å². The van der Waals surface area contributed by atoms with Crippen molar-refractivity contribution in [3.63, 3.8) is 0 Å². The Hall–Kier alpha value is -1.90. The lowest BCUT2D eigenvalue weighted by molar-refractivity contribution is -0.117. The predicted molar refractivity (Wildman–Crippen MR) is 88.3 cm³/mol. The number of hydrazine groups is 1. The first-order valence-corrected chi connectivity index (χ1v) is 7.63. The monoisotopic (exact) mass is 427 g/mol. The second kappa shape index (κ2) is 7.39. The molecule has 1 aromatic carbocycles. The molecule has 0 spiro atoms. The number of nitrogens with one attached hydrogen (secondary N) is 2. The summed E-state index contributed by atoms with van der Waals surface area (Å²) in [7, 11) is 0. The van der Waals surface area contributed by atoms with Gasteiger partial charge in [0, 0.05) is 4.47 Å². The molecule has 114 valence electrons. The number of hydrogen-bond acceptors (Lipinski definition) is 4. The van der Waals surface area contributed by atoms with E-state index in [9.17, 15) is 9.59 Å². The minimum absolute atomic E-state index is 0.00217. The summed E-state index contributed by atoms with van der Waals surface area (Å²) in [6.45, 7) is 0. The van der Waals surface area contributed by atoms with Gasteiger partial charge in [0.15, 0.2) is 10.4 Å². The van der Waals surface area contributed by atoms with E-state index >= 15 is 0 Å². The van der Waals surface area contributed by atoms with Crippen molar-refractivity contribution in [1.82, 2.24) is 10.7 Å². The van der Waals surface area contributed by atoms with Crippen LogP contribution in [-0.4, -0.2) is 11.8 Å². The fourth-order valence-corrected chi connectivity index (χ4v) is 2.15. The van der Waals surface area contributed by atoms with Gasteiger partial charge in [-0.25, -0.2) is 5.84 Å². The average Bonchev–Trinajstić information content (AvgIpc) is 2.94. The van der Waals surface area contributed by atoms with Gasteiger partial charge in [-0.1, -0.05) is 28.1 Å². The molecule has 2 amide bonds. The standard InChI is InChI=1S/C14H11Br2N3O3/c15-9-3-1-8(2-4-9)7-10(13(20)19-17)18-14(21)11-5-6-12(16)22-11/h1-7H,17H2,(H,18,21)(H,19,20)/b10-7-. The van der Waals surface area contributed by atoms with Crippen LogP contribution in [0.2, 0.25) is 0 Å². The van der Waals surface area contributed by atoms with Gasteiger partial charge >= 0.3 is 0 Å². The predicted octanol–water partition coefficient (Wildman–Crippen LogP) is 2.57. The summed E-state index contributed by atoms with van der Waals surface area (Å²) in [5, 5.41) is 2.46. The number of carbonyl (C=O) groups is 2. The molecule has 0 aliphatic heterocycles. The first kappa shape index (κ1) is 16.5. The second-order valence-electron chi connectivity index (χ2n) is 4.14. The molecule has 2 aromatic rings. The zero-order valence-electron chi connectivity index (χ0n) is 11.1. The van der Waals surface area contributed by atoms with Crippen molar-refractivity contribution in [2.24, 2.45) is 5.84 Å². The van der Waals surface area contributed by atoms with Crippen molar-refractivity contribution in [1.29, 1.82) is 0 Å². The highest BCUT2D eigenvalue weighted by molar-refractivity contribution is 9.10. The molecular formula is C14H11Br2N3O3. The number of amides is 2. The topological polar surface area (TPSA) is 97.4 Å². The minimum Gasteiger partial charge on any atom is -0.444 e. The van der Waals surface area contributed by atoms with Gasteiger partial charge in [0.1, 0.15) is 5.70 Å². The van der Waals surface area contributed by atoms with E-state index in [2.05, 4.69) is 37.2 Å². The third kappa shape index (κ3) is 4.30. The highest BCUT2D eigenvalue weighted by Gasteiger charge is 2.16. The minimum atomic E-state index is -0.623. The summed E-state index contributed by atoms with van der Waals surface area (Å²) < 4.78 is 6.45. The molecule has 0 unspecified atom stereocenters. The smallest absolute Gasteiger partial charge is 0.291 e. The Morgan fingerprint density at radius 1 is 1.09 bits per heavy atom. The van der Waals surface area contributed by atoms with Crippen LogP contribution in [0.3, 0.4) is 0 Å². The van der Waals surface area contributed by atoms with Crippen LogP contribution in [0.1, 0.15) is 16.1 Å². The van der Waals surface area contributed by atoms with E-state index in [1.54, 1.807) is 18.2 Å². The van der Waals surface area contributed by atoms with E-state index in [0.717, 1.165) is 10.0 Å². The van der Waals surface area contributed by atoms with Crippen LogP contribution in [0.15, 0.2) is 55.7 Å².